The van der Waals surface area contributed by atoms with E-state index < -0.39 is 0 Å². The lowest BCUT2D eigenvalue weighted by atomic mass is 10.0. The molecular formula is C22H29N3O2. The molecule has 0 unspecified atom stereocenters. The molecule has 0 spiro atoms. The molecule has 0 aliphatic carbocycles. The number of nitrogens with one attached hydrogen (secondary N) is 1. The number of anilines is 1. The summed E-state index contributed by atoms with van der Waals surface area (Å²) in [5.74, 6) is 0.822. The molecule has 5 heteroatoms. The highest BCUT2D eigenvalue weighted by molar-refractivity contribution is 5.74. The van der Waals surface area contributed by atoms with Gasteiger partial charge in [-0.25, -0.2) is 4.79 Å². The molecule has 1 fully saturated rings. The molecule has 1 aliphatic heterocycles. The van der Waals surface area contributed by atoms with Gasteiger partial charge in [-0.2, -0.15) is 0 Å². The first-order valence-corrected chi connectivity index (χ1v) is 9.46. The van der Waals surface area contributed by atoms with Gasteiger partial charge in [0, 0.05) is 38.4 Å². The second-order valence-corrected chi connectivity index (χ2v) is 7.23. The van der Waals surface area contributed by atoms with Gasteiger partial charge in [0.1, 0.15) is 5.75 Å². The Kier molecular flexibility index (Phi) is 5.89. The Hall–Kier alpha value is -2.69. The summed E-state index contributed by atoms with van der Waals surface area (Å²) >= 11 is 0. The van der Waals surface area contributed by atoms with Crippen LogP contribution in [0.4, 0.5) is 10.5 Å². The molecule has 3 rings (SSSR count). The van der Waals surface area contributed by atoms with Crippen LogP contribution < -0.4 is 15.0 Å². The highest BCUT2D eigenvalue weighted by atomic mass is 16.5. The average Bonchev–Trinajstić information content (AvgIpc) is 2.66. The second-order valence-electron chi connectivity index (χ2n) is 7.23. The second kappa shape index (κ2) is 8.33. The van der Waals surface area contributed by atoms with Gasteiger partial charge in [0.2, 0.25) is 0 Å². The molecule has 2 amide bonds. The SMILES string of the molecule is COc1ccc(CNC(=O)N2CCN(c3c(C)cc(C)cc3C)CC2)cc1. The lowest BCUT2D eigenvalue weighted by molar-refractivity contribution is 0.194. The molecule has 0 aromatic heterocycles. The zero-order chi connectivity index (χ0) is 19.4. The van der Waals surface area contributed by atoms with Crippen molar-refractivity contribution in [3.8, 4) is 5.75 Å². The van der Waals surface area contributed by atoms with Gasteiger partial charge in [0.05, 0.1) is 7.11 Å². The average molecular weight is 367 g/mol. The minimum absolute atomic E-state index is 0.00261. The van der Waals surface area contributed by atoms with Crippen molar-refractivity contribution in [2.75, 3.05) is 38.2 Å². The number of aryl methyl sites for hydroxylation is 3. The van der Waals surface area contributed by atoms with Gasteiger partial charge in [0.25, 0.3) is 0 Å². The molecule has 0 radical (unpaired) electrons. The molecule has 1 heterocycles. The maximum Gasteiger partial charge on any atom is 0.317 e. The van der Waals surface area contributed by atoms with Crippen LogP contribution in [0.2, 0.25) is 0 Å². The Bertz CT molecular complexity index is 771. The zero-order valence-electron chi connectivity index (χ0n) is 16.7. The smallest absolute Gasteiger partial charge is 0.317 e. The van der Waals surface area contributed by atoms with Crippen LogP contribution in [0.25, 0.3) is 0 Å². The third kappa shape index (κ3) is 4.54. The molecule has 1 saturated heterocycles. The summed E-state index contributed by atoms with van der Waals surface area (Å²) < 4.78 is 5.16. The molecule has 144 valence electrons. The molecular weight excluding hydrogens is 338 g/mol. The fourth-order valence-corrected chi connectivity index (χ4v) is 3.84. The van der Waals surface area contributed by atoms with E-state index in [-0.39, 0.29) is 6.03 Å². The highest BCUT2D eigenvalue weighted by Gasteiger charge is 2.23. The van der Waals surface area contributed by atoms with E-state index in [1.54, 1.807) is 7.11 Å². The van der Waals surface area contributed by atoms with Crippen LogP contribution in [0.15, 0.2) is 36.4 Å². The number of carbonyl (C=O) groups is 1. The molecule has 2 aromatic rings. The number of nitrogens with zero attached hydrogens (tertiary/aromatic N) is 2. The van der Waals surface area contributed by atoms with Crippen LogP contribution in [0.3, 0.4) is 0 Å². The van der Waals surface area contributed by atoms with Gasteiger partial charge >= 0.3 is 6.03 Å². The summed E-state index contributed by atoms with van der Waals surface area (Å²) in [6.45, 7) is 10.2. The Morgan fingerprint density at radius 2 is 1.59 bits per heavy atom. The fourth-order valence-electron chi connectivity index (χ4n) is 3.84. The van der Waals surface area contributed by atoms with Crippen LogP contribution in [-0.4, -0.2) is 44.2 Å². The molecule has 0 atom stereocenters. The summed E-state index contributed by atoms with van der Waals surface area (Å²) in [4.78, 5) is 16.8. The topological polar surface area (TPSA) is 44.8 Å². The molecule has 0 bridgehead atoms. The van der Waals surface area contributed by atoms with Crippen LogP contribution in [-0.2, 0) is 6.54 Å². The van der Waals surface area contributed by atoms with Gasteiger partial charge in [-0.15, -0.1) is 0 Å². The molecule has 1 aliphatic rings. The number of hydrogen-bond acceptors (Lipinski definition) is 3. The van der Waals surface area contributed by atoms with E-state index in [0.717, 1.165) is 37.5 Å². The van der Waals surface area contributed by atoms with Crippen molar-refractivity contribution in [3.05, 3.63) is 58.7 Å². The van der Waals surface area contributed by atoms with E-state index in [4.69, 9.17) is 4.74 Å². The van der Waals surface area contributed by atoms with Crippen molar-refractivity contribution >= 4 is 11.7 Å². The van der Waals surface area contributed by atoms with Crippen molar-refractivity contribution in [1.29, 1.82) is 0 Å². The van der Waals surface area contributed by atoms with Crippen LogP contribution in [0.5, 0.6) is 5.75 Å². The summed E-state index contributed by atoms with van der Waals surface area (Å²) in [6, 6.07) is 12.2. The Morgan fingerprint density at radius 3 is 2.15 bits per heavy atom. The van der Waals surface area contributed by atoms with Gasteiger partial charge in [-0.05, 0) is 49.6 Å². The monoisotopic (exact) mass is 367 g/mol. The van der Waals surface area contributed by atoms with E-state index >= 15 is 0 Å². The Balaban J connectivity index is 1.53. The quantitative estimate of drug-likeness (QED) is 0.897. The minimum atomic E-state index is 0.00261. The number of benzene rings is 2. The van der Waals surface area contributed by atoms with E-state index in [1.807, 2.05) is 29.2 Å². The standard InChI is InChI=1S/C22H29N3O2/c1-16-13-17(2)21(18(3)14-16)24-9-11-25(12-10-24)22(26)23-15-19-5-7-20(27-4)8-6-19/h5-8,13-14H,9-12,15H2,1-4H3,(H,23,26). The molecule has 1 N–H and O–H groups in total. The Morgan fingerprint density at radius 1 is 1.00 bits per heavy atom. The summed E-state index contributed by atoms with van der Waals surface area (Å²) in [5, 5.41) is 3.02. The Labute approximate surface area is 161 Å². The van der Waals surface area contributed by atoms with Crippen molar-refractivity contribution in [1.82, 2.24) is 10.2 Å². The number of carbonyl (C=O) groups excluding carboxylic acids is 1. The van der Waals surface area contributed by atoms with E-state index in [0.29, 0.717) is 6.54 Å². The predicted octanol–water partition coefficient (Wildman–Crippen LogP) is 3.65. The van der Waals surface area contributed by atoms with Crippen LogP contribution >= 0.6 is 0 Å². The third-order valence-corrected chi connectivity index (χ3v) is 5.12. The summed E-state index contributed by atoms with van der Waals surface area (Å²) in [7, 11) is 1.65. The van der Waals surface area contributed by atoms with Crippen LogP contribution in [0, 0.1) is 20.8 Å². The minimum Gasteiger partial charge on any atom is -0.497 e. The van der Waals surface area contributed by atoms with Crippen molar-refractivity contribution in [2.45, 2.75) is 27.3 Å². The molecule has 2 aromatic carbocycles. The summed E-state index contributed by atoms with van der Waals surface area (Å²) in [6.07, 6.45) is 0. The first-order chi connectivity index (χ1) is 13.0. The summed E-state index contributed by atoms with van der Waals surface area (Å²) in [5.41, 5.74) is 6.30. The fraction of sp³-hybridized carbons (Fsp3) is 0.409. The van der Waals surface area contributed by atoms with E-state index in [9.17, 15) is 4.79 Å². The maximum atomic E-state index is 12.5. The number of hydrogen-bond donors (Lipinski definition) is 1. The van der Waals surface area contributed by atoms with Crippen molar-refractivity contribution < 1.29 is 9.53 Å². The number of amides is 2. The largest absolute Gasteiger partial charge is 0.497 e. The molecule has 0 saturated carbocycles. The first kappa shape index (κ1) is 19.1. The van der Waals surface area contributed by atoms with Gasteiger partial charge in [-0.1, -0.05) is 29.8 Å². The maximum absolute atomic E-state index is 12.5. The lowest BCUT2D eigenvalue weighted by Crippen LogP contribution is -2.52. The number of piperazine rings is 1. The van der Waals surface area contributed by atoms with Gasteiger partial charge in [-0.3, -0.25) is 0 Å². The van der Waals surface area contributed by atoms with E-state index in [1.165, 1.54) is 22.4 Å². The predicted molar refractivity (Wildman–Crippen MR) is 110 cm³/mol. The van der Waals surface area contributed by atoms with Crippen molar-refractivity contribution in [2.24, 2.45) is 0 Å². The normalized spacial score (nSPS) is 14.2. The van der Waals surface area contributed by atoms with E-state index in [2.05, 4.69) is 43.1 Å². The zero-order valence-corrected chi connectivity index (χ0v) is 16.7. The number of ether oxygens (including phenoxy) is 1. The highest BCUT2D eigenvalue weighted by Crippen LogP contribution is 2.27. The van der Waals surface area contributed by atoms with Gasteiger partial charge < -0.3 is 19.9 Å². The molecule has 27 heavy (non-hydrogen) atoms. The number of methoxy groups -OCH3 is 1. The third-order valence-electron chi connectivity index (χ3n) is 5.12. The lowest BCUT2D eigenvalue weighted by Gasteiger charge is -2.37. The number of urea groups is 1. The first-order valence-electron chi connectivity index (χ1n) is 9.46. The van der Waals surface area contributed by atoms with Crippen molar-refractivity contribution in [3.63, 3.8) is 0 Å². The van der Waals surface area contributed by atoms with Crippen LogP contribution in [0.1, 0.15) is 22.3 Å². The number of rotatable bonds is 4. The van der Waals surface area contributed by atoms with Gasteiger partial charge in [0.15, 0.2) is 0 Å². The molecule has 5 nitrogen and oxygen atoms in total.